The summed E-state index contributed by atoms with van der Waals surface area (Å²) in [4.78, 5) is 27.3. The van der Waals surface area contributed by atoms with Gasteiger partial charge in [0.15, 0.2) is 17.4 Å². The molecule has 3 N–H and O–H groups in total. The first-order chi connectivity index (χ1) is 19.0. The zero-order chi connectivity index (χ0) is 29.3. The van der Waals surface area contributed by atoms with Crippen LogP contribution in [0.3, 0.4) is 0 Å². The van der Waals surface area contributed by atoms with Gasteiger partial charge in [0.2, 0.25) is 10.0 Å². The van der Waals surface area contributed by atoms with E-state index in [0.717, 1.165) is 25.9 Å². The Morgan fingerprint density at radius 3 is 2.30 bits per heavy atom. The number of ether oxygens (including phenoxy) is 1. The Balaban J connectivity index is 1.74. The molecule has 0 radical (unpaired) electrons. The number of carbonyl (C=O) groups is 2. The summed E-state index contributed by atoms with van der Waals surface area (Å²) < 4.78 is 62.2. The summed E-state index contributed by atoms with van der Waals surface area (Å²) in [7, 11) is -4.66. The molecule has 0 aromatic heterocycles. The van der Waals surface area contributed by atoms with Crippen molar-refractivity contribution in [1.29, 1.82) is 0 Å². The summed E-state index contributed by atoms with van der Waals surface area (Å²) >= 11 is 5.80. The topological polar surface area (TPSA) is 132 Å². The Labute approximate surface area is 236 Å². The van der Waals surface area contributed by atoms with E-state index >= 15 is 0 Å². The quantitative estimate of drug-likeness (QED) is 0.237. The number of likely N-dealkylation sites (N-methyl/N-ethyl adjacent to an activating group) is 1. The number of carbonyl (C=O) groups excluding carboxylic acids is 2. The van der Waals surface area contributed by atoms with Crippen molar-refractivity contribution in [2.24, 2.45) is 0 Å². The molecule has 1 fully saturated rings. The molecule has 220 valence electrons. The summed E-state index contributed by atoms with van der Waals surface area (Å²) in [6.07, 6.45) is 2.24. The van der Waals surface area contributed by atoms with Gasteiger partial charge in [0.1, 0.15) is 5.75 Å². The summed E-state index contributed by atoms with van der Waals surface area (Å²) in [5.74, 6) is -4.44. The van der Waals surface area contributed by atoms with Gasteiger partial charge in [-0.1, -0.05) is 11.6 Å². The Kier molecular flexibility index (Phi) is 11.5. The predicted octanol–water partition coefficient (Wildman–Crippen LogP) is 3.03. The van der Waals surface area contributed by atoms with Gasteiger partial charge < -0.3 is 19.9 Å². The highest BCUT2D eigenvalue weighted by Crippen LogP contribution is 2.31. The first kappa shape index (κ1) is 31.5. The lowest BCUT2D eigenvalue weighted by Crippen LogP contribution is -2.48. The average molecular weight is 604 g/mol. The van der Waals surface area contributed by atoms with Crippen molar-refractivity contribution < 1.29 is 36.7 Å². The summed E-state index contributed by atoms with van der Waals surface area (Å²) in [6, 6.07) is 6.36. The van der Waals surface area contributed by atoms with Gasteiger partial charge in [0.25, 0.3) is 5.91 Å². The van der Waals surface area contributed by atoms with Gasteiger partial charge in [-0.15, -0.1) is 0 Å². The zero-order valence-electron chi connectivity index (χ0n) is 21.9. The molecule has 0 aliphatic carbocycles. The lowest BCUT2D eigenvalue weighted by Gasteiger charge is -2.27. The molecule has 1 aliphatic rings. The second-order valence-corrected chi connectivity index (χ2v) is 11.4. The number of urea groups is 1. The zero-order valence-corrected chi connectivity index (χ0v) is 23.5. The number of rotatable bonds is 13. The van der Waals surface area contributed by atoms with Crippen molar-refractivity contribution in [3.05, 3.63) is 53.1 Å². The summed E-state index contributed by atoms with van der Waals surface area (Å²) in [5.41, 5.74) is 1.34. The highest BCUT2D eigenvalue weighted by Gasteiger charge is 2.30. The molecule has 3 rings (SSSR count). The summed E-state index contributed by atoms with van der Waals surface area (Å²) in [6.45, 7) is 3.59. The number of nitrogens with zero attached hydrogens (tertiary/aromatic N) is 3. The van der Waals surface area contributed by atoms with E-state index in [2.05, 4.69) is 10.2 Å². The molecule has 0 spiro atoms. The Hall–Kier alpha value is -3.04. The van der Waals surface area contributed by atoms with Crippen molar-refractivity contribution in [3.8, 4) is 11.5 Å². The van der Waals surface area contributed by atoms with E-state index in [-0.39, 0.29) is 18.8 Å². The van der Waals surface area contributed by atoms with Gasteiger partial charge in [-0.3, -0.25) is 10.0 Å². The highest BCUT2D eigenvalue weighted by molar-refractivity contribution is 7.89. The third kappa shape index (κ3) is 8.48. The van der Waals surface area contributed by atoms with Crippen LogP contribution in [0.5, 0.6) is 11.5 Å². The predicted molar refractivity (Wildman–Crippen MR) is 143 cm³/mol. The minimum Gasteiger partial charge on any atom is -0.451 e. The first-order valence-corrected chi connectivity index (χ1v) is 14.5. The molecule has 0 unspecified atom stereocenters. The van der Waals surface area contributed by atoms with Crippen LogP contribution >= 0.6 is 11.6 Å². The molecular formula is C25H32ClF2N5O6S. The molecule has 0 bridgehead atoms. The lowest BCUT2D eigenvalue weighted by atomic mass is 10.3. The largest absolute Gasteiger partial charge is 0.451 e. The number of halogens is 3. The van der Waals surface area contributed by atoms with Gasteiger partial charge in [-0.2, -0.15) is 4.31 Å². The molecule has 1 saturated heterocycles. The molecule has 15 heteroatoms. The lowest BCUT2D eigenvalue weighted by molar-refractivity contribution is -0.129. The van der Waals surface area contributed by atoms with E-state index in [4.69, 9.17) is 21.5 Å². The van der Waals surface area contributed by atoms with Crippen LogP contribution in [-0.4, -0.2) is 92.0 Å². The number of sulfonamides is 1. The van der Waals surface area contributed by atoms with Gasteiger partial charge in [-0.05, 0) is 69.3 Å². The van der Waals surface area contributed by atoms with Crippen molar-refractivity contribution in [3.63, 3.8) is 0 Å². The molecule has 11 nitrogen and oxygen atoms in total. The number of amides is 3. The number of nitrogens with one attached hydrogen (secondary N) is 2. The fourth-order valence-electron chi connectivity index (χ4n) is 4.11. The minimum atomic E-state index is -4.66. The van der Waals surface area contributed by atoms with E-state index in [1.165, 1.54) is 34.6 Å². The van der Waals surface area contributed by atoms with Crippen LogP contribution in [0.15, 0.2) is 41.3 Å². The molecule has 2 aromatic carbocycles. The number of benzene rings is 2. The fourth-order valence-corrected chi connectivity index (χ4v) is 5.65. The number of hydroxylamine groups is 1. The Bertz CT molecular complexity index is 1260. The van der Waals surface area contributed by atoms with Gasteiger partial charge >= 0.3 is 6.03 Å². The first-order valence-electron chi connectivity index (χ1n) is 12.7. The average Bonchev–Trinajstić information content (AvgIpc) is 3.44. The normalized spacial score (nSPS) is 13.8. The monoisotopic (exact) mass is 603 g/mol. The van der Waals surface area contributed by atoms with Crippen molar-refractivity contribution in [1.82, 2.24) is 24.9 Å². The molecule has 0 saturated carbocycles. The molecular weight excluding hydrogens is 572 g/mol. The van der Waals surface area contributed by atoms with Gasteiger partial charge in [-0.25, -0.2) is 27.5 Å². The molecule has 1 heterocycles. The van der Waals surface area contributed by atoms with Crippen molar-refractivity contribution in [2.75, 3.05) is 52.4 Å². The standard InChI is InChI=1S/C25H32ClF2N5O6S/c1-2-32(25(35)29-9-12-31-10-3-4-11-31)13-14-33(17-23(34)30-36)40(37,38)20-15-21(27)24(22(28)16-20)39-19-7-5-18(26)6-8-19/h5-8,15-16,36H,2-4,9-14,17H2,1H3,(H,29,35)(H,30,34). The van der Waals surface area contributed by atoms with Crippen LogP contribution in [0.4, 0.5) is 13.6 Å². The maximum Gasteiger partial charge on any atom is 0.317 e. The van der Waals surface area contributed by atoms with Crippen molar-refractivity contribution in [2.45, 2.75) is 24.7 Å². The fraction of sp³-hybridized carbons (Fsp3) is 0.440. The number of hydrogen-bond acceptors (Lipinski definition) is 7. The Morgan fingerprint density at radius 1 is 1.10 bits per heavy atom. The third-order valence-electron chi connectivity index (χ3n) is 6.28. The van der Waals surface area contributed by atoms with Crippen LogP contribution < -0.4 is 15.5 Å². The minimum absolute atomic E-state index is 0.0670. The van der Waals surface area contributed by atoms with E-state index < -0.39 is 57.3 Å². The molecule has 3 amide bonds. The third-order valence-corrected chi connectivity index (χ3v) is 8.35. The van der Waals surface area contributed by atoms with Crippen molar-refractivity contribution >= 4 is 33.6 Å². The van der Waals surface area contributed by atoms with E-state index in [0.29, 0.717) is 34.6 Å². The maximum absolute atomic E-state index is 14.8. The van der Waals surface area contributed by atoms with Gasteiger partial charge in [0.05, 0.1) is 11.4 Å². The number of hydrogen-bond donors (Lipinski definition) is 3. The second-order valence-electron chi connectivity index (χ2n) is 9.01. The molecule has 40 heavy (non-hydrogen) atoms. The maximum atomic E-state index is 14.8. The highest BCUT2D eigenvalue weighted by atomic mass is 35.5. The molecule has 2 aromatic rings. The van der Waals surface area contributed by atoms with E-state index in [1.54, 1.807) is 6.92 Å². The molecule has 0 atom stereocenters. The van der Waals surface area contributed by atoms with Crippen LogP contribution in [0, 0.1) is 11.6 Å². The second kappa shape index (κ2) is 14.6. The van der Waals surface area contributed by atoms with Crippen LogP contribution in [0.2, 0.25) is 5.02 Å². The Morgan fingerprint density at radius 2 is 1.73 bits per heavy atom. The van der Waals surface area contributed by atoms with E-state index in [1.807, 2.05) is 0 Å². The van der Waals surface area contributed by atoms with E-state index in [9.17, 15) is 26.8 Å². The number of likely N-dealkylation sites (tertiary alicyclic amines) is 1. The molecule has 1 aliphatic heterocycles. The van der Waals surface area contributed by atoms with Crippen LogP contribution in [0.25, 0.3) is 0 Å². The van der Waals surface area contributed by atoms with Crippen LogP contribution in [-0.2, 0) is 14.8 Å². The SMILES string of the molecule is CCN(CCN(CC(=O)NO)S(=O)(=O)c1cc(F)c(Oc2ccc(Cl)cc2)c(F)c1)C(=O)NCCN1CCCC1. The smallest absolute Gasteiger partial charge is 0.317 e. The van der Waals surface area contributed by atoms with Gasteiger partial charge in [0, 0.05) is 37.7 Å². The van der Waals surface area contributed by atoms with Crippen LogP contribution in [0.1, 0.15) is 19.8 Å². The summed E-state index contributed by atoms with van der Waals surface area (Å²) in [5, 5.41) is 12.1.